The normalized spacial score (nSPS) is 10.0. The molecule has 0 heterocycles. The zero-order valence-electron chi connectivity index (χ0n) is 7.26. The highest BCUT2D eigenvalue weighted by Crippen LogP contribution is 1.98. The molecule has 0 saturated carbocycles. The smallest absolute Gasteiger partial charge is 0.168 e. The lowest BCUT2D eigenvalue weighted by atomic mass is 10.5. The summed E-state index contributed by atoms with van der Waals surface area (Å²) in [5, 5.41) is 0. The van der Waals surface area contributed by atoms with E-state index in [1.165, 1.54) is 0 Å². The third-order valence-electron chi connectivity index (χ3n) is 1.08. The van der Waals surface area contributed by atoms with Crippen molar-refractivity contribution in [3.05, 3.63) is 0 Å². The van der Waals surface area contributed by atoms with Crippen molar-refractivity contribution < 1.29 is 9.53 Å². The van der Waals surface area contributed by atoms with Gasteiger partial charge in [-0.3, -0.25) is 4.79 Å². The summed E-state index contributed by atoms with van der Waals surface area (Å²) in [6, 6.07) is 0. The molecule has 0 atom stereocenters. The van der Waals surface area contributed by atoms with E-state index in [0.717, 1.165) is 12.2 Å². The van der Waals surface area contributed by atoms with E-state index in [1.807, 2.05) is 13.8 Å². The highest BCUT2D eigenvalue weighted by Gasteiger charge is 1.99. The van der Waals surface area contributed by atoms with Crippen LogP contribution in [0.4, 0.5) is 0 Å². The molecule has 0 radical (unpaired) electrons. The number of thioether (sulfide) groups is 1. The van der Waals surface area contributed by atoms with E-state index in [-0.39, 0.29) is 5.78 Å². The lowest BCUT2D eigenvalue weighted by Gasteiger charge is -2.00. The fourth-order valence-electron chi connectivity index (χ4n) is 0.588. The number of rotatable bonds is 7. The first-order valence-electron chi connectivity index (χ1n) is 3.98. The Morgan fingerprint density at radius 3 is 2.73 bits per heavy atom. The maximum absolute atomic E-state index is 10.9. The minimum Gasteiger partial charge on any atom is -0.374 e. The molecule has 0 aliphatic carbocycles. The molecule has 0 saturated heterocycles. The van der Waals surface area contributed by atoms with Crippen molar-refractivity contribution in [2.45, 2.75) is 20.3 Å². The van der Waals surface area contributed by atoms with Crippen LogP contribution in [-0.4, -0.2) is 30.5 Å². The molecule has 0 aliphatic rings. The molecule has 0 aromatic heterocycles. The number of ketones is 1. The Bertz CT molecular complexity index is 104. The minimum absolute atomic E-state index is 0.199. The molecule has 0 amide bonds. The molecule has 0 bridgehead atoms. The van der Waals surface area contributed by atoms with Crippen LogP contribution in [-0.2, 0) is 9.53 Å². The number of ether oxygens (including phenoxy) is 1. The van der Waals surface area contributed by atoms with Gasteiger partial charge < -0.3 is 4.74 Å². The highest BCUT2D eigenvalue weighted by molar-refractivity contribution is 7.99. The van der Waals surface area contributed by atoms with Crippen LogP contribution in [0, 0.1) is 0 Å². The van der Waals surface area contributed by atoms with Crippen LogP contribution in [0.15, 0.2) is 0 Å². The van der Waals surface area contributed by atoms with Gasteiger partial charge >= 0.3 is 0 Å². The van der Waals surface area contributed by atoms with Crippen molar-refractivity contribution in [3.63, 3.8) is 0 Å². The van der Waals surface area contributed by atoms with Crippen LogP contribution in [0.2, 0.25) is 0 Å². The summed E-state index contributed by atoms with van der Waals surface area (Å²) in [5.41, 5.74) is 0. The largest absolute Gasteiger partial charge is 0.374 e. The fraction of sp³-hybridized carbons (Fsp3) is 0.875. The molecule has 0 N–H and O–H groups in total. The number of Topliss-reactive ketones (excluding diaryl/α,β-unsaturated/α-hetero) is 1. The second-order valence-corrected chi connectivity index (χ2v) is 3.50. The monoisotopic (exact) mass is 176 g/mol. The predicted molar refractivity (Wildman–Crippen MR) is 49.1 cm³/mol. The van der Waals surface area contributed by atoms with Crippen molar-refractivity contribution in [1.82, 2.24) is 0 Å². The van der Waals surface area contributed by atoms with Gasteiger partial charge in [0.15, 0.2) is 5.78 Å². The van der Waals surface area contributed by atoms with Gasteiger partial charge in [0.1, 0.15) is 6.61 Å². The zero-order chi connectivity index (χ0) is 8.53. The number of carbonyl (C=O) groups is 1. The van der Waals surface area contributed by atoms with E-state index < -0.39 is 0 Å². The molecule has 0 spiro atoms. The standard InChI is InChI=1S/C8H16O2S/c1-3-5-10-6-8(9)7-11-4-2/h3-7H2,1-2H3. The summed E-state index contributed by atoms with van der Waals surface area (Å²) >= 11 is 1.64. The minimum atomic E-state index is 0.199. The fourth-order valence-corrected chi connectivity index (χ4v) is 1.10. The number of carbonyl (C=O) groups excluding carboxylic acids is 1. The van der Waals surface area contributed by atoms with Crippen LogP contribution in [0.1, 0.15) is 20.3 Å². The Balaban J connectivity index is 3.09. The van der Waals surface area contributed by atoms with E-state index in [9.17, 15) is 4.79 Å². The van der Waals surface area contributed by atoms with Crippen LogP contribution >= 0.6 is 11.8 Å². The zero-order valence-corrected chi connectivity index (χ0v) is 8.08. The third-order valence-corrected chi connectivity index (χ3v) is 2.01. The van der Waals surface area contributed by atoms with E-state index in [2.05, 4.69) is 0 Å². The second kappa shape index (κ2) is 8.08. The first-order chi connectivity index (χ1) is 5.31. The quantitative estimate of drug-likeness (QED) is 0.553. The SMILES string of the molecule is CCCOCC(=O)CSCC. The van der Waals surface area contributed by atoms with Crippen LogP contribution < -0.4 is 0 Å². The van der Waals surface area contributed by atoms with E-state index in [0.29, 0.717) is 19.0 Å². The van der Waals surface area contributed by atoms with E-state index in [1.54, 1.807) is 11.8 Å². The Morgan fingerprint density at radius 1 is 1.45 bits per heavy atom. The summed E-state index contributed by atoms with van der Waals surface area (Å²) < 4.78 is 5.08. The van der Waals surface area contributed by atoms with Crippen molar-refractivity contribution in [3.8, 4) is 0 Å². The average molecular weight is 176 g/mol. The molecular weight excluding hydrogens is 160 g/mol. The molecule has 0 aliphatic heterocycles. The van der Waals surface area contributed by atoms with E-state index >= 15 is 0 Å². The number of hydrogen-bond donors (Lipinski definition) is 0. The average Bonchev–Trinajstić information content (AvgIpc) is 2.01. The maximum Gasteiger partial charge on any atom is 0.168 e. The summed E-state index contributed by atoms with van der Waals surface area (Å²) in [6.07, 6.45) is 0.980. The first-order valence-corrected chi connectivity index (χ1v) is 5.13. The van der Waals surface area contributed by atoms with Crippen LogP contribution in [0.25, 0.3) is 0 Å². The predicted octanol–water partition coefficient (Wildman–Crippen LogP) is 1.74. The molecule has 0 aromatic carbocycles. The molecule has 0 aromatic rings. The molecule has 2 nitrogen and oxygen atoms in total. The van der Waals surface area contributed by atoms with Gasteiger partial charge in [-0.25, -0.2) is 0 Å². The summed E-state index contributed by atoms with van der Waals surface area (Å²) in [4.78, 5) is 10.9. The van der Waals surface area contributed by atoms with Crippen molar-refractivity contribution >= 4 is 17.5 Å². The molecule has 0 rings (SSSR count). The molecule has 3 heteroatoms. The first kappa shape index (κ1) is 11.0. The summed E-state index contributed by atoms with van der Waals surface area (Å²) in [7, 11) is 0. The van der Waals surface area contributed by atoms with Gasteiger partial charge in [0, 0.05) is 6.61 Å². The van der Waals surface area contributed by atoms with Gasteiger partial charge in [0.05, 0.1) is 5.75 Å². The van der Waals surface area contributed by atoms with Crippen LogP contribution in [0.3, 0.4) is 0 Å². The van der Waals surface area contributed by atoms with E-state index in [4.69, 9.17) is 4.74 Å². The third kappa shape index (κ3) is 7.88. The Morgan fingerprint density at radius 2 is 2.18 bits per heavy atom. The number of hydrogen-bond acceptors (Lipinski definition) is 3. The second-order valence-electron chi connectivity index (χ2n) is 2.23. The summed E-state index contributed by atoms with van der Waals surface area (Å²) in [6.45, 7) is 5.07. The highest BCUT2D eigenvalue weighted by atomic mass is 32.2. The molecule has 11 heavy (non-hydrogen) atoms. The van der Waals surface area contributed by atoms with Gasteiger partial charge in [-0.15, -0.1) is 0 Å². The van der Waals surface area contributed by atoms with Crippen molar-refractivity contribution in [2.24, 2.45) is 0 Å². The lowest BCUT2D eigenvalue weighted by molar-refractivity contribution is -0.121. The molecule has 66 valence electrons. The molecular formula is C8H16O2S. The maximum atomic E-state index is 10.9. The van der Waals surface area contributed by atoms with Gasteiger partial charge in [-0.1, -0.05) is 13.8 Å². The Labute approximate surface area is 72.7 Å². The lowest BCUT2D eigenvalue weighted by Crippen LogP contribution is -2.11. The van der Waals surface area contributed by atoms with Gasteiger partial charge in [-0.2, -0.15) is 11.8 Å². The Kier molecular flexibility index (Phi) is 8.07. The van der Waals surface area contributed by atoms with Gasteiger partial charge in [0.25, 0.3) is 0 Å². The molecule has 0 fully saturated rings. The van der Waals surface area contributed by atoms with Crippen LogP contribution in [0.5, 0.6) is 0 Å². The molecule has 0 unspecified atom stereocenters. The van der Waals surface area contributed by atoms with Gasteiger partial charge in [0.2, 0.25) is 0 Å². The van der Waals surface area contributed by atoms with Gasteiger partial charge in [-0.05, 0) is 12.2 Å². The Hall–Kier alpha value is -0.0200. The topological polar surface area (TPSA) is 26.3 Å². The van der Waals surface area contributed by atoms with Crippen molar-refractivity contribution in [1.29, 1.82) is 0 Å². The summed E-state index contributed by atoms with van der Waals surface area (Å²) in [5.74, 6) is 1.80. The van der Waals surface area contributed by atoms with Crippen molar-refractivity contribution in [2.75, 3.05) is 24.7 Å².